The minimum Gasteiger partial charge on any atom is -0.298 e. The molecular weight excluding hydrogens is 164 g/mol. The van der Waals surface area contributed by atoms with Gasteiger partial charge in [0.05, 0.1) is 17.2 Å². The van der Waals surface area contributed by atoms with Crippen molar-refractivity contribution in [3.63, 3.8) is 0 Å². The second-order valence-corrected chi connectivity index (χ2v) is 3.01. The molecule has 3 aromatic rings. The number of imidazole rings is 1. The molecule has 0 spiro atoms. The van der Waals surface area contributed by atoms with Gasteiger partial charge in [0.15, 0.2) is 6.29 Å². The van der Waals surface area contributed by atoms with Crippen LogP contribution in [0.1, 0.15) is 10.4 Å². The summed E-state index contributed by atoms with van der Waals surface area (Å²) >= 11 is 0. The van der Waals surface area contributed by atoms with Crippen molar-refractivity contribution in [1.29, 1.82) is 0 Å². The van der Waals surface area contributed by atoms with E-state index < -0.39 is 0 Å². The van der Waals surface area contributed by atoms with Crippen molar-refractivity contribution >= 4 is 23.0 Å². The highest BCUT2D eigenvalue weighted by Gasteiger charge is 2.08. The Morgan fingerprint density at radius 2 is 2.31 bits per heavy atom. The Morgan fingerprint density at radius 3 is 3.15 bits per heavy atom. The third-order valence-electron chi connectivity index (χ3n) is 2.28. The van der Waals surface area contributed by atoms with Crippen molar-refractivity contribution in [2.75, 3.05) is 0 Å². The summed E-state index contributed by atoms with van der Waals surface area (Å²) in [7, 11) is 0. The van der Waals surface area contributed by atoms with Crippen LogP contribution in [-0.2, 0) is 0 Å². The summed E-state index contributed by atoms with van der Waals surface area (Å²) in [5.74, 6) is 0. The van der Waals surface area contributed by atoms with Crippen LogP contribution in [0.5, 0.6) is 0 Å². The van der Waals surface area contributed by atoms with E-state index in [-0.39, 0.29) is 0 Å². The van der Waals surface area contributed by atoms with Crippen LogP contribution in [0.15, 0.2) is 30.5 Å². The van der Waals surface area contributed by atoms with E-state index in [1.807, 2.05) is 28.7 Å². The van der Waals surface area contributed by atoms with Crippen LogP contribution in [0, 0.1) is 0 Å². The molecule has 0 N–H and O–H groups in total. The number of hydrogen-bond acceptors (Lipinski definition) is 2. The molecule has 3 rings (SSSR count). The van der Waals surface area contributed by atoms with Gasteiger partial charge < -0.3 is 0 Å². The lowest BCUT2D eigenvalue weighted by Crippen LogP contribution is -1.83. The number of aromatic nitrogens is 2. The van der Waals surface area contributed by atoms with Gasteiger partial charge in [0.2, 0.25) is 0 Å². The first kappa shape index (κ1) is 6.60. The van der Waals surface area contributed by atoms with E-state index >= 15 is 0 Å². The molecule has 0 fully saturated rings. The Kier molecular flexibility index (Phi) is 1.05. The van der Waals surface area contributed by atoms with Crippen LogP contribution >= 0.6 is 0 Å². The Labute approximate surface area is 74.0 Å². The molecule has 62 valence electrons. The zero-order valence-electron chi connectivity index (χ0n) is 6.77. The molecule has 0 amide bonds. The summed E-state index contributed by atoms with van der Waals surface area (Å²) < 4.78 is 1.98. The molecular formula is C10H6N2O. The number of carbonyl (C=O) groups is 1. The molecule has 0 aliphatic rings. The number of carbonyl (C=O) groups excluding carboxylic acids is 1. The van der Waals surface area contributed by atoms with Gasteiger partial charge in [0.25, 0.3) is 0 Å². The molecule has 0 aliphatic carbocycles. The lowest BCUT2D eigenvalue weighted by Gasteiger charge is -1.93. The second-order valence-electron chi connectivity index (χ2n) is 3.01. The lowest BCUT2D eigenvalue weighted by atomic mass is 10.3. The van der Waals surface area contributed by atoms with E-state index in [1.165, 1.54) is 0 Å². The first-order chi connectivity index (χ1) is 6.40. The molecule has 3 heteroatoms. The summed E-state index contributed by atoms with van der Waals surface area (Å²) in [5, 5.41) is 0. The van der Waals surface area contributed by atoms with Crippen molar-refractivity contribution in [2.45, 2.75) is 0 Å². The van der Waals surface area contributed by atoms with E-state index in [2.05, 4.69) is 4.98 Å². The number of pyridine rings is 1. The highest BCUT2D eigenvalue weighted by Crippen LogP contribution is 2.20. The molecule has 0 aliphatic heterocycles. The smallest absolute Gasteiger partial charge is 0.152 e. The fourth-order valence-electron chi connectivity index (χ4n) is 1.71. The van der Waals surface area contributed by atoms with E-state index in [0.29, 0.717) is 0 Å². The predicted molar refractivity (Wildman–Crippen MR) is 49.3 cm³/mol. The number of hydrogen-bond donors (Lipinski definition) is 0. The summed E-state index contributed by atoms with van der Waals surface area (Å²) in [6, 6.07) is 7.60. The fraction of sp³-hybridized carbons (Fsp3) is 0. The molecule has 0 atom stereocenters. The SMILES string of the molecule is O=Cc1cc2cnc3cccc1n23. The Bertz CT molecular complexity index is 577. The minimum atomic E-state index is 0.725. The molecule has 0 saturated heterocycles. The normalized spacial score (nSPS) is 11.4. The van der Waals surface area contributed by atoms with Crippen LogP contribution in [0.2, 0.25) is 0 Å². The zero-order chi connectivity index (χ0) is 8.84. The third-order valence-corrected chi connectivity index (χ3v) is 2.28. The monoisotopic (exact) mass is 170 g/mol. The fourth-order valence-corrected chi connectivity index (χ4v) is 1.71. The maximum Gasteiger partial charge on any atom is 0.152 e. The number of rotatable bonds is 1. The molecule has 0 radical (unpaired) electrons. The van der Waals surface area contributed by atoms with Gasteiger partial charge in [-0.05, 0) is 18.2 Å². The average Bonchev–Trinajstić information content (AvgIpc) is 2.72. The second kappa shape index (κ2) is 2.07. The largest absolute Gasteiger partial charge is 0.298 e. The van der Waals surface area contributed by atoms with Crippen LogP contribution in [-0.4, -0.2) is 15.7 Å². The van der Waals surface area contributed by atoms with Gasteiger partial charge in [-0.25, -0.2) is 4.98 Å². The van der Waals surface area contributed by atoms with Crippen molar-refractivity contribution in [1.82, 2.24) is 9.38 Å². The Hall–Kier alpha value is -1.90. The highest BCUT2D eigenvalue weighted by molar-refractivity contribution is 5.92. The maximum absolute atomic E-state index is 10.7. The molecule has 13 heavy (non-hydrogen) atoms. The van der Waals surface area contributed by atoms with Gasteiger partial charge in [-0.15, -0.1) is 0 Å². The summed E-state index contributed by atoms with van der Waals surface area (Å²) in [6.07, 6.45) is 2.65. The Balaban J connectivity index is 2.68. The van der Waals surface area contributed by atoms with Gasteiger partial charge >= 0.3 is 0 Å². The minimum absolute atomic E-state index is 0.725. The highest BCUT2D eigenvalue weighted by atomic mass is 16.1. The van der Waals surface area contributed by atoms with Gasteiger partial charge in [0, 0.05) is 5.56 Å². The quantitative estimate of drug-likeness (QED) is 0.521. The van der Waals surface area contributed by atoms with E-state index in [1.54, 1.807) is 6.20 Å². The lowest BCUT2D eigenvalue weighted by molar-refractivity contribution is 0.112. The number of aldehydes is 1. The van der Waals surface area contributed by atoms with Crippen molar-refractivity contribution < 1.29 is 4.79 Å². The van der Waals surface area contributed by atoms with E-state index in [4.69, 9.17) is 0 Å². The van der Waals surface area contributed by atoms with Crippen LogP contribution in [0.25, 0.3) is 16.7 Å². The van der Waals surface area contributed by atoms with Gasteiger partial charge in [0.1, 0.15) is 5.65 Å². The standard InChI is InChI=1S/C10H6N2O/c13-6-7-4-8-5-11-10-3-1-2-9(7)12(8)10/h1-6H. The molecule has 3 aromatic heterocycles. The van der Waals surface area contributed by atoms with E-state index in [9.17, 15) is 4.79 Å². The summed E-state index contributed by atoms with van der Waals surface area (Å²) in [4.78, 5) is 14.9. The maximum atomic E-state index is 10.7. The number of nitrogens with zero attached hydrogens (tertiary/aromatic N) is 2. The van der Waals surface area contributed by atoms with Crippen molar-refractivity contribution in [2.24, 2.45) is 0 Å². The topological polar surface area (TPSA) is 34.4 Å². The Morgan fingerprint density at radius 1 is 1.38 bits per heavy atom. The van der Waals surface area contributed by atoms with Gasteiger partial charge in [-0.1, -0.05) is 6.07 Å². The van der Waals surface area contributed by atoms with Crippen LogP contribution in [0.3, 0.4) is 0 Å². The van der Waals surface area contributed by atoms with E-state index in [0.717, 1.165) is 28.5 Å². The molecule has 0 unspecified atom stereocenters. The third kappa shape index (κ3) is 0.685. The molecule has 0 saturated carbocycles. The molecule has 0 bridgehead atoms. The van der Waals surface area contributed by atoms with Gasteiger partial charge in [-0.2, -0.15) is 0 Å². The first-order valence-corrected chi connectivity index (χ1v) is 4.04. The molecule has 3 nitrogen and oxygen atoms in total. The van der Waals surface area contributed by atoms with Crippen LogP contribution in [0.4, 0.5) is 0 Å². The molecule has 3 heterocycles. The summed E-state index contributed by atoms with van der Waals surface area (Å²) in [5.41, 5.74) is 3.52. The van der Waals surface area contributed by atoms with Gasteiger partial charge in [-0.3, -0.25) is 9.20 Å². The first-order valence-electron chi connectivity index (χ1n) is 4.04. The average molecular weight is 170 g/mol. The van der Waals surface area contributed by atoms with Crippen LogP contribution < -0.4 is 0 Å². The zero-order valence-corrected chi connectivity index (χ0v) is 6.77. The van der Waals surface area contributed by atoms with Crippen molar-refractivity contribution in [3.05, 3.63) is 36.0 Å². The molecule has 0 aromatic carbocycles. The van der Waals surface area contributed by atoms with Crippen molar-refractivity contribution in [3.8, 4) is 0 Å². The predicted octanol–water partition coefficient (Wildman–Crippen LogP) is 1.74. The summed E-state index contributed by atoms with van der Waals surface area (Å²) in [6.45, 7) is 0.